The van der Waals surface area contributed by atoms with Crippen LogP contribution in [0, 0.1) is 16.0 Å². The summed E-state index contributed by atoms with van der Waals surface area (Å²) in [5.74, 6) is -0.0286. The average Bonchev–Trinajstić information content (AvgIpc) is 2.59. The first-order valence-electron chi connectivity index (χ1n) is 8.70. The highest BCUT2D eigenvalue weighted by molar-refractivity contribution is 7.89. The molecule has 1 fully saturated rings. The van der Waals surface area contributed by atoms with E-state index in [-0.39, 0.29) is 23.0 Å². The van der Waals surface area contributed by atoms with Crippen molar-refractivity contribution in [3.05, 3.63) is 34.4 Å². The van der Waals surface area contributed by atoms with Crippen LogP contribution in [0.1, 0.15) is 33.6 Å². The maximum Gasteiger partial charge on any atom is 0.407 e. The minimum absolute atomic E-state index is 0.0221. The van der Waals surface area contributed by atoms with Crippen LogP contribution in [-0.2, 0) is 14.8 Å². The Morgan fingerprint density at radius 1 is 1.33 bits per heavy atom. The molecule has 0 aliphatic carbocycles. The van der Waals surface area contributed by atoms with Crippen LogP contribution in [0.4, 0.5) is 10.5 Å². The van der Waals surface area contributed by atoms with Crippen molar-refractivity contribution in [1.82, 2.24) is 9.62 Å². The van der Waals surface area contributed by atoms with Gasteiger partial charge in [-0.15, -0.1) is 0 Å². The summed E-state index contributed by atoms with van der Waals surface area (Å²) < 4.78 is 32.1. The summed E-state index contributed by atoms with van der Waals surface area (Å²) in [7, 11) is -3.74. The summed E-state index contributed by atoms with van der Waals surface area (Å²) in [5, 5.41) is 13.4. The first-order valence-corrected chi connectivity index (χ1v) is 10.1. The topological polar surface area (TPSA) is 119 Å². The molecule has 0 bridgehead atoms. The third kappa shape index (κ3) is 5.90. The minimum atomic E-state index is -3.74. The number of carbonyl (C=O) groups is 1. The van der Waals surface area contributed by atoms with Gasteiger partial charge in [0, 0.05) is 31.8 Å². The number of hydrogen-bond donors (Lipinski definition) is 1. The number of sulfonamides is 1. The fraction of sp³-hybridized carbons (Fsp3) is 0.588. The third-order valence-corrected chi connectivity index (χ3v) is 5.98. The van der Waals surface area contributed by atoms with E-state index in [9.17, 15) is 23.3 Å². The molecule has 150 valence electrons. The molecule has 0 saturated carbocycles. The summed E-state index contributed by atoms with van der Waals surface area (Å²) in [4.78, 5) is 21.9. The van der Waals surface area contributed by atoms with Gasteiger partial charge in [-0.25, -0.2) is 13.2 Å². The van der Waals surface area contributed by atoms with E-state index in [0.29, 0.717) is 19.5 Å². The molecule has 1 unspecified atom stereocenters. The molecular weight excluding hydrogens is 374 g/mol. The monoisotopic (exact) mass is 399 g/mol. The SMILES string of the molecule is CC(C)(C)OC(=O)NCC1CCCN(S(=O)(=O)c2ccc([N+](=O)[O-])cc2)C1. The van der Waals surface area contributed by atoms with Gasteiger partial charge in [0.05, 0.1) is 9.82 Å². The lowest BCUT2D eigenvalue weighted by Crippen LogP contribution is -2.44. The molecule has 1 amide bonds. The number of nitrogens with one attached hydrogen (secondary N) is 1. The molecule has 1 aliphatic rings. The van der Waals surface area contributed by atoms with Crippen molar-refractivity contribution in [3.8, 4) is 0 Å². The van der Waals surface area contributed by atoms with E-state index >= 15 is 0 Å². The molecule has 9 nitrogen and oxygen atoms in total. The molecule has 1 heterocycles. The number of nitrogens with zero attached hydrogens (tertiary/aromatic N) is 2. The van der Waals surface area contributed by atoms with E-state index < -0.39 is 26.6 Å². The van der Waals surface area contributed by atoms with E-state index in [1.54, 1.807) is 20.8 Å². The van der Waals surface area contributed by atoms with E-state index in [0.717, 1.165) is 6.42 Å². The van der Waals surface area contributed by atoms with Crippen LogP contribution in [0.2, 0.25) is 0 Å². The van der Waals surface area contributed by atoms with Gasteiger partial charge in [0.15, 0.2) is 0 Å². The number of amides is 1. The highest BCUT2D eigenvalue weighted by Crippen LogP contribution is 2.25. The molecule has 1 aliphatic heterocycles. The Morgan fingerprint density at radius 3 is 2.52 bits per heavy atom. The Labute approximate surface area is 158 Å². The summed E-state index contributed by atoms with van der Waals surface area (Å²) >= 11 is 0. The van der Waals surface area contributed by atoms with Crippen LogP contribution >= 0.6 is 0 Å². The molecule has 0 aromatic heterocycles. The van der Waals surface area contributed by atoms with Gasteiger partial charge in [-0.05, 0) is 51.7 Å². The predicted octanol–water partition coefficient (Wildman–Crippen LogP) is 2.52. The fourth-order valence-corrected chi connectivity index (χ4v) is 4.40. The Bertz CT molecular complexity index is 786. The molecule has 2 rings (SSSR count). The molecule has 1 atom stereocenters. The largest absolute Gasteiger partial charge is 0.444 e. The molecule has 0 spiro atoms. The Kier molecular flexibility index (Phi) is 6.42. The number of benzene rings is 1. The maximum atomic E-state index is 12.8. The van der Waals surface area contributed by atoms with Crippen molar-refractivity contribution < 1.29 is 22.9 Å². The maximum absolute atomic E-state index is 12.8. The number of nitro groups is 1. The standard InChI is InChI=1S/C17H25N3O6S/c1-17(2,3)26-16(21)18-11-13-5-4-10-19(12-13)27(24,25)15-8-6-14(7-9-15)20(22)23/h6-9,13H,4-5,10-12H2,1-3H3,(H,18,21). The van der Waals surface area contributed by atoms with Gasteiger partial charge in [-0.2, -0.15) is 4.31 Å². The summed E-state index contributed by atoms with van der Waals surface area (Å²) in [6.07, 6.45) is 0.937. The molecule has 0 radical (unpaired) electrons. The molecule has 1 N–H and O–H groups in total. The molecule has 1 saturated heterocycles. The number of piperidine rings is 1. The van der Waals surface area contributed by atoms with E-state index in [1.807, 2.05) is 0 Å². The van der Waals surface area contributed by atoms with Crippen molar-refractivity contribution in [3.63, 3.8) is 0 Å². The molecule has 10 heteroatoms. The Hall–Kier alpha value is -2.20. The molecule has 1 aromatic rings. The average molecular weight is 399 g/mol. The number of nitro benzene ring substituents is 1. The number of hydrogen-bond acceptors (Lipinski definition) is 6. The first-order chi connectivity index (χ1) is 12.5. The number of rotatable bonds is 5. The molecule has 1 aromatic carbocycles. The second kappa shape index (κ2) is 8.22. The second-order valence-electron chi connectivity index (χ2n) is 7.51. The zero-order valence-corrected chi connectivity index (χ0v) is 16.5. The minimum Gasteiger partial charge on any atom is -0.444 e. The number of carbonyl (C=O) groups excluding carboxylic acids is 1. The summed E-state index contributed by atoms with van der Waals surface area (Å²) in [6.45, 7) is 6.28. The summed E-state index contributed by atoms with van der Waals surface area (Å²) in [5.41, 5.74) is -0.755. The lowest BCUT2D eigenvalue weighted by atomic mass is 10.00. The fourth-order valence-electron chi connectivity index (χ4n) is 2.84. The lowest BCUT2D eigenvalue weighted by Gasteiger charge is -2.32. The normalized spacial score (nSPS) is 18.7. The summed E-state index contributed by atoms with van der Waals surface area (Å²) in [6, 6.07) is 4.85. The zero-order chi connectivity index (χ0) is 20.2. The second-order valence-corrected chi connectivity index (χ2v) is 9.44. The van der Waals surface area contributed by atoms with Gasteiger partial charge in [0.2, 0.25) is 10.0 Å². The van der Waals surface area contributed by atoms with Crippen LogP contribution in [0.25, 0.3) is 0 Å². The van der Waals surface area contributed by atoms with Crippen molar-refractivity contribution in [1.29, 1.82) is 0 Å². The van der Waals surface area contributed by atoms with Gasteiger partial charge in [0.25, 0.3) is 5.69 Å². The van der Waals surface area contributed by atoms with Crippen molar-refractivity contribution in [2.24, 2.45) is 5.92 Å². The smallest absolute Gasteiger partial charge is 0.407 e. The number of ether oxygens (including phenoxy) is 1. The quantitative estimate of drug-likeness (QED) is 0.600. The van der Waals surface area contributed by atoms with Gasteiger partial charge in [0.1, 0.15) is 5.60 Å². The van der Waals surface area contributed by atoms with Crippen LogP contribution < -0.4 is 5.32 Å². The van der Waals surface area contributed by atoms with Gasteiger partial charge in [-0.3, -0.25) is 10.1 Å². The highest BCUT2D eigenvalue weighted by atomic mass is 32.2. The Morgan fingerprint density at radius 2 is 1.96 bits per heavy atom. The van der Waals surface area contributed by atoms with Gasteiger partial charge >= 0.3 is 6.09 Å². The van der Waals surface area contributed by atoms with Crippen molar-refractivity contribution in [2.45, 2.75) is 44.1 Å². The van der Waals surface area contributed by atoms with E-state index in [4.69, 9.17) is 4.74 Å². The molecule has 27 heavy (non-hydrogen) atoms. The predicted molar refractivity (Wildman–Crippen MR) is 98.8 cm³/mol. The van der Waals surface area contributed by atoms with Crippen LogP contribution in [0.15, 0.2) is 29.2 Å². The van der Waals surface area contributed by atoms with Crippen LogP contribution in [-0.4, -0.2) is 49.0 Å². The zero-order valence-electron chi connectivity index (χ0n) is 15.7. The molecular formula is C17H25N3O6S. The van der Waals surface area contributed by atoms with Crippen molar-refractivity contribution in [2.75, 3.05) is 19.6 Å². The lowest BCUT2D eigenvalue weighted by molar-refractivity contribution is -0.384. The van der Waals surface area contributed by atoms with Crippen LogP contribution in [0.5, 0.6) is 0 Å². The number of alkyl carbamates (subject to hydrolysis) is 1. The highest BCUT2D eigenvalue weighted by Gasteiger charge is 2.31. The van der Waals surface area contributed by atoms with Crippen LogP contribution in [0.3, 0.4) is 0 Å². The van der Waals surface area contributed by atoms with Crippen molar-refractivity contribution >= 4 is 21.8 Å². The first kappa shape index (κ1) is 21.1. The van der Waals surface area contributed by atoms with E-state index in [2.05, 4.69) is 5.32 Å². The Balaban J connectivity index is 1.99. The number of non-ortho nitro benzene ring substituents is 1. The van der Waals surface area contributed by atoms with Gasteiger partial charge in [-0.1, -0.05) is 0 Å². The van der Waals surface area contributed by atoms with E-state index in [1.165, 1.54) is 28.6 Å². The third-order valence-electron chi connectivity index (χ3n) is 4.10. The van der Waals surface area contributed by atoms with Gasteiger partial charge < -0.3 is 10.1 Å².